The zero-order valence-corrected chi connectivity index (χ0v) is 18.3. The highest BCUT2D eigenvalue weighted by atomic mass is 32.2. The highest BCUT2D eigenvalue weighted by Gasteiger charge is 2.14. The fourth-order valence-corrected chi connectivity index (χ4v) is 3.83. The number of nitrogens with one attached hydrogen (secondary N) is 1. The number of ether oxygens (including phenoxy) is 1. The smallest absolute Gasteiger partial charge is 0.234 e. The van der Waals surface area contributed by atoms with E-state index in [0.717, 1.165) is 28.4 Å². The van der Waals surface area contributed by atoms with Gasteiger partial charge in [0.2, 0.25) is 5.91 Å². The molecule has 6 nitrogen and oxygen atoms in total. The first-order valence-corrected chi connectivity index (χ1v) is 10.6. The molecule has 0 atom stereocenters. The summed E-state index contributed by atoms with van der Waals surface area (Å²) < 4.78 is 7.20. The number of allylic oxidation sites excluding steroid dienone is 1. The van der Waals surface area contributed by atoms with Gasteiger partial charge in [-0.25, -0.2) is 0 Å². The predicted octanol–water partition coefficient (Wildman–Crippen LogP) is 4.41. The lowest BCUT2D eigenvalue weighted by molar-refractivity contribution is -0.113. The third-order valence-electron chi connectivity index (χ3n) is 4.61. The molecule has 1 N–H and O–H groups in total. The van der Waals surface area contributed by atoms with Gasteiger partial charge >= 0.3 is 0 Å². The largest absolute Gasteiger partial charge is 0.497 e. The molecule has 0 saturated heterocycles. The molecule has 30 heavy (non-hydrogen) atoms. The molecular formula is C23H26N4O2S. The number of anilines is 1. The van der Waals surface area contributed by atoms with E-state index in [9.17, 15) is 4.79 Å². The minimum Gasteiger partial charge on any atom is -0.497 e. The van der Waals surface area contributed by atoms with Crippen molar-refractivity contribution in [2.24, 2.45) is 0 Å². The van der Waals surface area contributed by atoms with E-state index in [1.165, 1.54) is 17.3 Å². The Labute approximate surface area is 181 Å². The SMILES string of the molecule is C=CCn1c(Cc2ccc(OC)cc2)nnc1SCC(=O)Nc1ccc(C)cc1C. The quantitative estimate of drug-likeness (QED) is 0.409. The average Bonchev–Trinajstić information content (AvgIpc) is 3.11. The molecule has 0 bridgehead atoms. The summed E-state index contributed by atoms with van der Waals surface area (Å²) in [5.41, 5.74) is 4.16. The summed E-state index contributed by atoms with van der Waals surface area (Å²) in [4.78, 5) is 12.4. The molecule has 0 aliphatic rings. The van der Waals surface area contributed by atoms with Gasteiger partial charge in [0.15, 0.2) is 5.16 Å². The van der Waals surface area contributed by atoms with Crippen LogP contribution in [0.4, 0.5) is 5.69 Å². The number of aromatic nitrogens is 3. The second kappa shape index (κ2) is 10.1. The summed E-state index contributed by atoms with van der Waals surface area (Å²) in [6.45, 7) is 8.44. The van der Waals surface area contributed by atoms with Crippen LogP contribution in [0.25, 0.3) is 0 Å². The van der Waals surface area contributed by atoms with Crippen LogP contribution in [-0.2, 0) is 17.8 Å². The van der Waals surface area contributed by atoms with Gasteiger partial charge < -0.3 is 14.6 Å². The van der Waals surface area contributed by atoms with Crippen LogP contribution in [0.3, 0.4) is 0 Å². The van der Waals surface area contributed by atoms with Gasteiger partial charge in [-0.2, -0.15) is 0 Å². The number of carbonyl (C=O) groups excluding carboxylic acids is 1. The maximum absolute atomic E-state index is 12.4. The molecule has 1 heterocycles. The monoisotopic (exact) mass is 422 g/mol. The number of rotatable bonds is 9. The first-order valence-electron chi connectivity index (χ1n) is 9.66. The normalized spacial score (nSPS) is 10.6. The van der Waals surface area contributed by atoms with Crippen LogP contribution in [-0.4, -0.2) is 33.5 Å². The molecule has 0 unspecified atom stereocenters. The number of aryl methyl sites for hydroxylation is 2. The van der Waals surface area contributed by atoms with Crippen molar-refractivity contribution in [2.45, 2.75) is 32.0 Å². The van der Waals surface area contributed by atoms with E-state index in [-0.39, 0.29) is 11.7 Å². The van der Waals surface area contributed by atoms with Crippen molar-refractivity contribution in [1.29, 1.82) is 0 Å². The molecule has 0 spiro atoms. The molecule has 0 aliphatic heterocycles. The zero-order chi connectivity index (χ0) is 21.5. The lowest BCUT2D eigenvalue weighted by Crippen LogP contribution is -2.15. The van der Waals surface area contributed by atoms with Crippen LogP contribution >= 0.6 is 11.8 Å². The lowest BCUT2D eigenvalue weighted by atomic mass is 10.1. The molecule has 1 aromatic heterocycles. The third kappa shape index (κ3) is 5.51. The zero-order valence-electron chi connectivity index (χ0n) is 17.5. The number of thioether (sulfide) groups is 1. The highest BCUT2D eigenvalue weighted by Crippen LogP contribution is 2.21. The molecule has 0 saturated carbocycles. The number of hydrogen-bond donors (Lipinski definition) is 1. The molecule has 0 radical (unpaired) electrons. The van der Waals surface area contributed by atoms with E-state index in [4.69, 9.17) is 4.74 Å². The van der Waals surface area contributed by atoms with Crippen LogP contribution in [0.15, 0.2) is 60.3 Å². The summed E-state index contributed by atoms with van der Waals surface area (Å²) >= 11 is 1.37. The number of hydrogen-bond acceptors (Lipinski definition) is 5. The van der Waals surface area contributed by atoms with Crippen molar-refractivity contribution in [2.75, 3.05) is 18.2 Å². The van der Waals surface area contributed by atoms with Crippen molar-refractivity contribution >= 4 is 23.4 Å². The molecular weight excluding hydrogens is 396 g/mol. The Bertz CT molecular complexity index is 1030. The Morgan fingerprint density at radius 1 is 1.20 bits per heavy atom. The third-order valence-corrected chi connectivity index (χ3v) is 5.58. The van der Waals surface area contributed by atoms with Gasteiger partial charge in [0, 0.05) is 18.7 Å². The number of nitrogens with zero attached hydrogens (tertiary/aromatic N) is 3. The topological polar surface area (TPSA) is 69.0 Å². The first-order chi connectivity index (χ1) is 14.5. The van der Waals surface area contributed by atoms with Gasteiger partial charge in [-0.3, -0.25) is 4.79 Å². The number of amides is 1. The maximum atomic E-state index is 12.4. The van der Waals surface area contributed by atoms with E-state index < -0.39 is 0 Å². The maximum Gasteiger partial charge on any atom is 0.234 e. The van der Waals surface area contributed by atoms with Crippen molar-refractivity contribution in [3.63, 3.8) is 0 Å². The summed E-state index contributed by atoms with van der Waals surface area (Å²) in [7, 11) is 1.65. The number of benzene rings is 2. The van der Waals surface area contributed by atoms with Gasteiger partial charge in [0.05, 0.1) is 12.9 Å². The standard InChI is InChI=1S/C23H26N4O2S/c1-5-12-27-21(14-18-7-9-19(29-4)10-8-18)25-26-23(27)30-15-22(28)24-20-11-6-16(2)13-17(20)3/h5-11,13H,1,12,14-15H2,2-4H3,(H,24,28). The highest BCUT2D eigenvalue weighted by molar-refractivity contribution is 7.99. The van der Waals surface area contributed by atoms with Crippen molar-refractivity contribution in [1.82, 2.24) is 14.8 Å². The Morgan fingerprint density at radius 3 is 2.63 bits per heavy atom. The van der Waals surface area contributed by atoms with Gasteiger partial charge in [-0.15, -0.1) is 16.8 Å². The minimum atomic E-state index is -0.0724. The van der Waals surface area contributed by atoms with Gasteiger partial charge in [-0.05, 0) is 43.2 Å². The first kappa shape index (κ1) is 21.6. The fourth-order valence-electron chi connectivity index (χ4n) is 3.07. The van der Waals surface area contributed by atoms with E-state index in [1.807, 2.05) is 54.8 Å². The van der Waals surface area contributed by atoms with Crippen molar-refractivity contribution in [3.05, 3.63) is 77.6 Å². The van der Waals surface area contributed by atoms with Gasteiger partial charge in [0.25, 0.3) is 0 Å². The lowest BCUT2D eigenvalue weighted by Gasteiger charge is -2.10. The van der Waals surface area contributed by atoms with Crippen LogP contribution in [0.1, 0.15) is 22.5 Å². The predicted molar refractivity (Wildman–Crippen MR) is 121 cm³/mol. The summed E-state index contributed by atoms with van der Waals surface area (Å²) in [6.07, 6.45) is 2.45. The molecule has 0 aliphatic carbocycles. The van der Waals surface area contributed by atoms with Crippen LogP contribution in [0.2, 0.25) is 0 Å². The Balaban J connectivity index is 1.66. The molecule has 7 heteroatoms. The molecule has 3 rings (SSSR count). The van der Waals surface area contributed by atoms with Crippen molar-refractivity contribution in [3.8, 4) is 5.75 Å². The Kier molecular flexibility index (Phi) is 7.30. The second-order valence-electron chi connectivity index (χ2n) is 6.98. The molecule has 156 valence electrons. The van der Waals surface area contributed by atoms with Crippen molar-refractivity contribution < 1.29 is 9.53 Å². The summed E-state index contributed by atoms with van der Waals surface area (Å²) in [6, 6.07) is 13.8. The molecule has 2 aromatic carbocycles. The fraction of sp³-hybridized carbons (Fsp3) is 0.261. The van der Waals surface area contributed by atoms with Crippen LogP contribution in [0.5, 0.6) is 5.75 Å². The summed E-state index contributed by atoms with van der Waals surface area (Å²) in [5, 5.41) is 12.3. The van der Waals surface area contributed by atoms with Crippen LogP contribution in [0, 0.1) is 13.8 Å². The molecule has 0 fully saturated rings. The number of carbonyl (C=O) groups is 1. The van der Waals surface area contributed by atoms with Crippen LogP contribution < -0.4 is 10.1 Å². The van der Waals surface area contributed by atoms with E-state index in [0.29, 0.717) is 18.1 Å². The van der Waals surface area contributed by atoms with E-state index in [2.05, 4.69) is 28.2 Å². The van der Waals surface area contributed by atoms with E-state index >= 15 is 0 Å². The Morgan fingerprint density at radius 2 is 1.97 bits per heavy atom. The Hall–Kier alpha value is -3.06. The molecule has 1 amide bonds. The minimum absolute atomic E-state index is 0.0724. The number of methoxy groups -OCH3 is 1. The van der Waals surface area contributed by atoms with Gasteiger partial charge in [0.1, 0.15) is 11.6 Å². The van der Waals surface area contributed by atoms with E-state index in [1.54, 1.807) is 13.2 Å². The molecule has 3 aromatic rings. The second-order valence-corrected chi connectivity index (χ2v) is 7.92. The summed E-state index contributed by atoms with van der Waals surface area (Å²) in [5.74, 6) is 1.83. The van der Waals surface area contributed by atoms with Gasteiger partial charge in [-0.1, -0.05) is 47.7 Å². The average molecular weight is 423 g/mol.